The number of carbonyl (C=O) groups excluding carboxylic acids is 2. The minimum Gasteiger partial charge on any atom is -0.488 e. The second-order valence-corrected chi connectivity index (χ2v) is 7.90. The Hall–Kier alpha value is -3.16. The molecule has 148 valence electrons. The van der Waals surface area contributed by atoms with Crippen LogP contribution in [0.3, 0.4) is 0 Å². The molecule has 3 N–H and O–H groups in total. The molecule has 2 amide bonds. The van der Waals surface area contributed by atoms with Gasteiger partial charge < -0.3 is 10.1 Å². The molecule has 1 unspecified atom stereocenters. The van der Waals surface area contributed by atoms with Crippen molar-refractivity contribution in [3.8, 4) is 0 Å². The van der Waals surface area contributed by atoms with E-state index in [1.807, 2.05) is 54.6 Å². The molecular formula is C22H20N2O4S. The van der Waals surface area contributed by atoms with Crippen molar-refractivity contribution in [2.24, 2.45) is 0 Å². The molecule has 3 aromatic rings. The minimum atomic E-state index is -0.518. The Balaban J connectivity index is 1.34. The Kier molecular flexibility index (Phi) is 5.59. The molecule has 1 aliphatic rings. The van der Waals surface area contributed by atoms with Crippen LogP contribution in [-0.2, 0) is 16.0 Å². The summed E-state index contributed by atoms with van der Waals surface area (Å²) in [5.74, 6) is 0.228. The van der Waals surface area contributed by atoms with Crippen molar-refractivity contribution >= 4 is 39.0 Å². The highest BCUT2D eigenvalue weighted by Gasteiger charge is 2.20. The summed E-state index contributed by atoms with van der Waals surface area (Å²) < 4.78 is 6.96. The van der Waals surface area contributed by atoms with Gasteiger partial charge in [-0.05, 0) is 41.3 Å². The number of thiophene rings is 1. The van der Waals surface area contributed by atoms with Gasteiger partial charge in [0.05, 0.1) is 17.8 Å². The third-order valence-electron chi connectivity index (χ3n) is 4.72. The lowest BCUT2D eigenvalue weighted by Crippen LogP contribution is -2.33. The molecular weight excluding hydrogens is 388 g/mol. The van der Waals surface area contributed by atoms with Crippen LogP contribution in [0.25, 0.3) is 15.8 Å². The first-order chi connectivity index (χ1) is 14.1. The van der Waals surface area contributed by atoms with E-state index in [-0.39, 0.29) is 12.0 Å². The van der Waals surface area contributed by atoms with E-state index < -0.39 is 5.91 Å². The summed E-state index contributed by atoms with van der Waals surface area (Å²) in [6.07, 6.45) is 2.99. The first-order valence-electron chi connectivity index (χ1n) is 9.28. The number of hydrogen-bond donors (Lipinski definition) is 3. The molecule has 0 aliphatic carbocycles. The largest absolute Gasteiger partial charge is 0.488 e. The maximum absolute atomic E-state index is 12.1. The van der Waals surface area contributed by atoms with Crippen LogP contribution < -0.4 is 10.8 Å². The lowest BCUT2D eigenvalue weighted by Gasteiger charge is -2.14. The quantitative estimate of drug-likeness (QED) is 0.430. The zero-order valence-electron chi connectivity index (χ0n) is 15.6. The van der Waals surface area contributed by atoms with E-state index in [1.54, 1.807) is 11.5 Å². The lowest BCUT2D eigenvalue weighted by atomic mass is 10.1. The second kappa shape index (κ2) is 8.46. The van der Waals surface area contributed by atoms with Gasteiger partial charge in [0.2, 0.25) is 5.91 Å². The van der Waals surface area contributed by atoms with Crippen LogP contribution in [0.15, 0.2) is 60.7 Å². The number of benzene rings is 2. The van der Waals surface area contributed by atoms with Gasteiger partial charge in [-0.15, -0.1) is 11.3 Å². The molecule has 1 aromatic heterocycles. The number of rotatable bonds is 6. The fourth-order valence-electron chi connectivity index (χ4n) is 3.26. The normalized spacial score (nSPS) is 15.6. The maximum atomic E-state index is 12.1. The SMILES string of the molecule is O=C(Cc1ccccc1)NCC1CC=C(c2ccc3sc(C(=O)NO)cc3c2)O1. The van der Waals surface area contributed by atoms with Crippen molar-refractivity contribution in [3.05, 3.63) is 76.7 Å². The summed E-state index contributed by atoms with van der Waals surface area (Å²) in [4.78, 5) is 24.1. The molecule has 0 spiro atoms. The Morgan fingerprint density at radius 3 is 2.76 bits per heavy atom. The summed E-state index contributed by atoms with van der Waals surface area (Å²) in [5.41, 5.74) is 3.56. The van der Waals surface area contributed by atoms with Gasteiger partial charge in [0.1, 0.15) is 11.9 Å². The topological polar surface area (TPSA) is 87.7 Å². The number of hydroxylamine groups is 1. The van der Waals surface area contributed by atoms with Crippen LogP contribution in [0.1, 0.15) is 27.2 Å². The van der Waals surface area contributed by atoms with Gasteiger partial charge in [0.25, 0.3) is 5.91 Å². The summed E-state index contributed by atoms with van der Waals surface area (Å²) in [5, 5.41) is 12.6. The molecule has 0 saturated carbocycles. The zero-order chi connectivity index (χ0) is 20.2. The first-order valence-corrected chi connectivity index (χ1v) is 10.1. The first kappa shape index (κ1) is 19.2. The summed E-state index contributed by atoms with van der Waals surface area (Å²) in [7, 11) is 0. The highest BCUT2D eigenvalue weighted by molar-refractivity contribution is 7.20. The third-order valence-corrected chi connectivity index (χ3v) is 5.84. The van der Waals surface area contributed by atoms with Gasteiger partial charge in [-0.1, -0.05) is 30.3 Å². The van der Waals surface area contributed by atoms with Crippen molar-refractivity contribution in [3.63, 3.8) is 0 Å². The molecule has 29 heavy (non-hydrogen) atoms. The van der Waals surface area contributed by atoms with Gasteiger partial charge in [-0.2, -0.15) is 0 Å². The van der Waals surface area contributed by atoms with E-state index in [9.17, 15) is 9.59 Å². The third kappa shape index (κ3) is 4.47. The van der Waals surface area contributed by atoms with Crippen molar-refractivity contribution < 1.29 is 19.5 Å². The average molecular weight is 408 g/mol. The number of hydrogen-bond acceptors (Lipinski definition) is 5. The van der Waals surface area contributed by atoms with Crippen LogP contribution >= 0.6 is 11.3 Å². The molecule has 4 rings (SSSR count). The molecule has 2 aromatic carbocycles. The van der Waals surface area contributed by atoms with Crippen molar-refractivity contribution in [2.45, 2.75) is 18.9 Å². The predicted molar refractivity (Wildman–Crippen MR) is 112 cm³/mol. The number of amides is 2. The van der Waals surface area contributed by atoms with Gasteiger partial charge in [-0.25, -0.2) is 5.48 Å². The van der Waals surface area contributed by atoms with Gasteiger partial charge in [-0.3, -0.25) is 14.8 Å². The van der Waals surface area contributed by atoms with Crippen LogP contribution in [0, 0.1) is 0 Å². The summed E-state index contributed by atoms with van der Waals surface area (Å²) in [6, 6.07) is 17.2. The van der Waals surface area contributed by atoms with Crippen LogP contribution in [0.2, 0.25) is 0 Å². The van der Waals surface area contributed by atoms with E-state index in [0.717, 1.165) is 33.4 Å². The number of nitrogens with one attached hydrogen (secondary N) is 2. The Morgan fingerprint density at radius 2 is 1.97 bits per heavy atom. The number of ether oxygens (including phenoxy) is 1. The Labute approximate surface area is 171 Å². The van der Waals surface area contributed by atoms with E-state index in [4.69, 9.17) is 9.94 Å². The van der Waals surface area contributed by atoms with Crippen LogP contribution in [-0.4, -0.2) is 29.7 Å². The molecule has 1 atom stereocenters. The van der Waals surface area contributed by atoms with Crippen LogP contribution in [0.4, 0.5) is 0 Å². The summed E-state index contributed by atoms with van der Waals surface area (Å²) in [6.45, 7) is 0.452. The average Bonchev–Trinajstić information content (AvgIpc) is 3.39. The zero-order valence-corrected chi connectivity index (χ0v) is 16.4. The molecule has 0 radical (unpaired) electrons. The molecule has 2 heterocycles. The highest BCUT2D eigenvalue weighted by atomic mass is 32.1. The van der Waals surface area contributed by atoms with Crippen molar-refractivity contribution in [1.82, 2.24) is 10.8 Å². The van der Waals surface area contributed by atoms with Crippen molar-refractivity contribution in [1.29, 1.82) is 0 Å². The van der Waals surface area contributed by atoms with Gasteiger partial charge in [0.15, 0.2) is 0 Å². The van der Waals surface area contributed by atoms with Gasteiger partial charge >= 0.3 is 0 Å². The smallest absolute Gasteiger partial charge is 0.284 e. The molecule has 0 saturated heterocycles. The van der Waals surface area contributed by atoms with E-state index >= 15 is 0 Å². The van der Waals surface area contributed by atoms with E-state index in [1.165, 1.54) is 11.3 Å². The molecule has 1 aliphatic heterocycles. The van der Waals surface area contributed by atoms with Gasteiger partial charge in [0, 0.05) is 16.7 Å². The maximum Gasteiger partial charge on any atom is 0.284 e. The van der Waals surface area contributed by atoms with E-state index in [2.05, 4.69) is 5.32 Å². The Bertz CT molecular complexity index is 1070. The van der Waals surface area contributed by atoms with E-state index in [0.29, 0.717) is 17.8 Å². The number of fused-ring (bicyclic) bond motifs is 1. The standard InChI is InChI=1S/C22H20N2O4S/c25-21(10-14-4-2-1-3-5-14)23-13-17-7-8-18(28-17)15-6-9-19-16(11-15)12-20(29-19)22(26)24-27/h1-6,8-9,11-12,17,27H,7,10,13H2,(H,23,25)(H,24,26). The summed E-state index contributed by atoms with van der Waals surface area (Å²) >= 11 is 1.31. The predicted octanol–water partition coefficient (Wildman–Crippen LogP) is 3.51. The fraction of sp³-hybridized carbons (Fsp3) is 0.182. The van der Waals surface area contributed by atoms with Crippen molar-refractivity contribution in [2.75, 3.05) is 6.54 Å². The molecule has 7 heteroatoms. The minimum absolute atomic E-state index is 0.0253. The highest BCUT2D eigenvalue weighted by Crippen LogP contribution is 2.32. The number of carbonyl (C=O) groups is 2. The fourth-order valence-corrected chi connectivity index (χ4v) is 4.19. The van der Waals surface area contributed by atoms with Crippen LogP contribution in [0.5, 0.6) is 0 Å². The monoisotopic (exact) mass is 408 g/mol. The molecule has 0 fully saturated rings. The molecule has 6 nitrogen and oxygen atoms in total. The molecule has 0 bridgehead atoms. The second-order valence-electron chi connectivity index (χ2n) is 6.81. The Morgan fingerprint density at radius 1 is 1.14 bits per heavy atom. The lowest BCUT2D eigenvalue weighted by molar-refractivity contribution is -0.120.